The molecule has 0 fully saturated rings. The van der Waals surface area contributed by atoms with Crippen molar-refractivity contribution in [1.29, 1.82) is 0 Å². The molecular formula is C18H24N2O3. The Hall–Kier alpha value is -2.30. The number of nitrogens with one attached hydrogen (secondary N) is 2. The zero-order valence-electron chi connectivity index (χ0n) is 13.8. The minimum absolute atomic E-state index is 0.0906. The summed E-state index contributed by atoms with van der Waals surface area (Å²) in [5, 5.41) is 13.0. The van der Waals surface area contributed by atoms with Crippen LogP contribution in [0.15, 0.2) is 24.4 Å². The average molecular weight is 316 g/mol. The molecule has 0 saturated carbocycles. The summed E-state index contributed by atoms with van der Waals surface area (Å²) in [7, 11) is 0. The van der Waals surface area contributed by atoms with E-state index in [9.17, 15) is 14.7 Å². The Bertz CT molecular complexity index is 705. The molecule has 5 nitrogen and oxygen atoms in total. The molecule has 0 aliphatic rings. The van der Waals surface area contributed by atoms with Crippen LogP contribution in [0.25, 0.3) is 10.9 Å². The van der Waals surface area contributed by atoms with Gasteiger partial charge in [0.25, 0.3) is 0 Å². The minimum atomic E-state index is -0.976. The molecule has 2 aromatic rings. The maximum absolute atomic E-state index is 12.1. The van der Waals surface area contributed by atoms with Crippen molar-refractivity contribution in [1.82, 2.24) is 10.3 Å². The zero-order valence-corrected chi connectivity index (χ0v) is 13.8. The molecule has 23 heavy (non-hydrogen) atoms. The van der Waals surface area contributed by atoms with Crippen LogP contribution in [0, 0.1) is 12.8 Å². The van der Waals surface area contributed by atoms with Gasteiger partial charge in [0.15, 0.2) is 0 Å². The Labute approximate surface area is 136 Å². The van der Waals surface area contributed by atoms with E-state index in [1.54, 1.807) is 0 Å². The number of aromatic amines is 1. The molecule has 5 heteroatoms. The third-order valence-corrected chi connectivity index (χ3v) is 4.34. The van der Waals surface area contributed by atoms with Crippen molar-refractivity contribution in [2.75, 3.05) is 0 Å². The molecule has 2 rings (SSSR count). The number of amides is 1. The average Bonchev–Trinajstić information content (AvgIpc) is 2.91. The third-order valence-electron chi connectivity index (χ3n) is 4.34. The highest BCUT2D eigenvalue weighted by molar-refractivity contribution is 5.86. The fourth-order valence-corrected chi connectivity index (χ4v) is 2.68. The first-order valence-corrected chi connectivity index (χ1v) is 8.01. The second kappa shape index (κ2) is 7.31. The van der Waals surface area contributed by atoms with Crippen LogP contribution in [0.3, 0.4) is 0 Å². The summed E-state index contributed by atoms with van der Waals surface area (Å²) >= 11 is 0. The van der Waals surface area contributed by atoms with Gasteiger partial charge in [-0.25, -0.2) is 4.79 Å². The summed E-state index contributed by atoms with van der Waals surface area (Å²) in [6, 6.07) is 5.34. The highest BCUT2D eigenvalue weighted by atomic mass is 16.4. The highest BCUT2D eigenvalue weighted by Crippen LogP contribution is 2.21. The first-order chi connectivity index (χ1) is 10.9. The summed E-state index contributed by atoms with van der Waals surface area (Å²) in [6.45, 7) is 5.79. The van der Waals surface area contributed by atoms with Gasteiger partial charge in [0.2, 0.25) is 5.91 Å². The molecule has 1 amide bonds. The number of hydrogen-bond acceptors (Lipinski definition) is 2. The van der Waals surface area contributed by atoms with E-state index in [0.717, 1.165) is 16.5 Å². The van der Waals surface area contributed by atoms with E-state index in [0.29, 0.717) is 12.8 Å². The maximum Gasteiger partial charge on any atom is 0.326 e. The molecule has 0 spiro atoms. The molecule has 0 radical (unpaired) electrons. The van der Waals surface area contributed by atoms with Gasteiger partial charge in [0.1, 0.15) is 6.04 Å². The van der Waals surface area contributed by atoms with Gasteiger partial charge in [0, 0.05) is 23.5 Å². The van der Waals surface area contributed by atoms with Gasteiger partial charge in [-0.1, -0.05) is 31.9 Å². The van der Waals surface area contributed by atoms with Gasteiger partial charge in [-0.3, -0.25) is 4.79 Å². The SMILES string of the molecule is CC[C@H](C)[C@H](NC(=O)CCc1c[nH]c2ccc(C)cc12)C(=O)O. The van der Waals surface area contributed by atoms with Crippen LogP contribution in [0.4, 0.5) is 0 Å². The molecule has 124 valence electrons. The second-order valence-corrected chi connectivity index (χ2v) is 6.13. The van der Waals surface area contributed by atoms with Crippen LogP contribution in [-0.4, -0.2) is 28.0 Å². The fraction of sp³-hybridized carbons (Fsp3) is 0.444. The molecule has 1 aromatic heterocycles. The second-order valence-electron chi connectivity index (χ2n) is 6.13. The van der Waals surface area contributed by atoms with Gasteiger partial charge in [0.05, 0.1) is 0 Å². The predicted molar refractivity (Wildman–Crippen MR) is 90.4 cm³/mol. The Morgan fingerprint density at radius 1 is 1.35 bits per heavy atom. The van der Waals surface area contributed by atoms with Crippen LogP contribution >= 0.6 is 0 Å². The van der Waals surface area contributed by atoms with Crippen LogP contribution in [0.5, 0.6) is 0 Å². The molecule has 0 unspecified atom stereocenters. The van der Waals surface area contributed by atoms with E-state index in [4.69, 9.17) is 0 Å². The number of carboxylic acids is 1. The smallest absolute Gasteiger partial charge is 0.326 e. The summed E-state index contributed by atoms with van der Waals surface area (Å²) in [4.78, 5) is 26.6. The van der Waals surface area contributed by atoms with E-state index < -0.39 is 12.0 Å². The molecule has 2 atom stereocenters. The normalized spacial score (nSPS) is 13.7. The number of benzene rings is 1. The van der Waals surface area contributed by atoms with Crippen molar-refractivity contribution in [2.24, 2.45) is 5.92 Å². The first-order valence-electron chi connectivity index (χ1n) is 8.01. The number of carbonyl (C=O) groups excluding carboxylic acids is 1. The van der Waals surface area contributed by atoms with E-state index in [-0.39, 0.29) is 18.2 Å². The van der Waals surface area contributed by atoms with Crippen LogP contribution in [0.1, 0.15) is 37.8 Å². The Balaban J connectivity index is 2.00. The van der Waals surface area contributed by atoms with E-state index >= 15 is 0 Å². The Kier molecular flexibility index (Phi) is 5.42. The van der Waals surface area contributed by atoms with Gasteiger partial charge in [-0.15, -0.1) is 0 Å². The lowest BCUT2D eigenvalue weighted by molar-refractivity contribution is -0.143. The van der Waals surface area contributed by atoms with Crippen molar-refractivity contribution >= 4 is 22.8 Å². The standard InChI is InChI=1S/C18H24N2O3/c1-4-12(3)17(18(22)23)20-16(21)8-6-13-10-19-15-7-5-11(2)9-14(13)15/h5,7,9-10,12,17,19H,4,6,8H2,1-3H3,(H,20,21)(H,22,23)/t12-,17-/m0/s1. The van der Waals surface area contributed by atoms with Crippen molar-refractivity contribution in [3.05, 3.63) is 35.5 Å². The summed E-state index contributed by atoms with van der Waals surface area (Å²) in [5.41, 5.74) is 3.30. The third kappa shape index (κ3) is 4.12. The number of carboxylic acid groups (broad SMARTS) is 1. The van der Waals surface area contributed by atoms with Crippen molar-refractivity contribution in [3.8, 4) is 0 Å². The Morgan fingerprint density at radius 3 is 2.74 bits per heavy atom. The molecule has 0 aliphatic heterocycles. The molecule has 0 bridgehead atoms. The van der Waals surface area contributed by atoms with Gasteiger partial charge >= 0.3 is 5.97 Å². The molecule has 1 heterocycles. The van der Waals surface area contributed by atoms with Crippen LogP contribution < -0.4 is 5.32 Å². The lowest BCUT2D eigenvalue weighted by Crippen LogP contribution is -2.45. The lowest BCUT2D eigenvalue weighted by Gasteiger charge is -2.20. The molecule has 1 aromatic carbocycles. The van der Waals surface area contributed by atoms with Gasteiger partial charge in [-0.05, 0) is 37.0 Å². The number of carbonyl (C=O) groups is 2. The largest absolute Gasteiger partial charge is 0.480 e. The number of fused-ring (bicyclic) bond motifs is 1. The van der Waals surface area contributed by atoms with E-state index in [1.807, 2.05) is 39.1 Å². The number of hydrogen-bond donors (Lipinski definition) is 3. The minimum Gasteiger partial charge on any atom is -0.480 e. The number of rotatable bonds is 7. The van der Waals surface area contributed by atoms with E-state index in [2.05, 4.69) is 16.4 Å². The Morgan fingerprint density at radius 2 is 2.09 bits per heavy atom. The van der Waals surface area contributed by atoms with Crippen LogP contribution in [0.2, 0.25) is 0 Å². The number of aliphatic carboxylic acids is 1. The topological polar surface area (TPSA) is 82.2 Å². The van der Waals surface area contributed by atoms with E-state index in [1.165, 1.54) is 5.56 Å². The van der Waals surface area contributed by atoms with Crippen molar-refractivity contribution in [3.63, 3.8) is 0 Å². The molecule has 0 saturated heterocycles. The quantitative estimate of drug-likeness (QED) is 0.734. The molecule has 3 N–H and O–H groups in total. The van der Waals surface area contributed by atoms with Crippen molar-refractivity contribution in [2.45, 2.75) is 46.1 Å². The van der Waals surface area contributed by atoms with Gasteiger partial charge < -0.3 is 15.4 Å². The van der Waals surface area contributed by atoms with Crippen molar-refractivity contribution < 1.29 is 14.7 Å². The monoisotopic (exact) mass is 316 g/mol. The number of H-pyrrole nitrogens is 1. The number of aryl methyl sites for hydroxylation is 2. The molecule has 0 aliphatic carbocycles. The summed E-state index contributed by atoms with van der Waals surface area (Å²) in [5.74, 6) is -1.29. The maximum atomic E-state index is 12.1. The zero-order chi connectivity index (χ0) is 17.0. The predicted octanol–water partition coefficient (Wildman–Crippen LogP) is 3.02. The lowest BCUT2D eigenvalue weighted by atomic mass is 9.99. The summed E-state index contributed by atoms with van der Waals surface area (Å²) < 4.78 is 0. The molecular weight excluding hydrogens is 292 g/mol. The summed E-state index contributed by atoms with van der Waals surface area (Å²) in [6.07, 6.45) is 3.49. The van der Waals surface area contributed by atoms with Crippen LogP contribution in [-0.2, 0) is 16.0 Å². The number of aromatic nitrogens is 1. The fourth-order valence-electron chi connectivity index (χ4n) is 2.68. The van der Waals surface area contributed by atoms with Gasteiger partial charge in [-0.2, -0.15) is 0 Å². The highest BCUT2D eigenvalue weighted by Gasteiger charge is 2.25. The first kappa shape index (κ1) is 17.1.